The molecule has 2 heterocycles. The van der Waals surface area contributed by atoms with Crippen LogP contribution in [-0.2, 0) is 0 Å². The van der Waals surface area contributed by atoms with E-state index in [-0.39, 0.29) is 11.1 Å². The molecule has 0 amide bonds. The van der Waals surface area contributed by atoms with Gasteiger partial charge < -0.3 is 27.0 Å². The van der Waals surface area contributed by atoms with Crippen molar-refractivity contribution in [3.8, 4) is 11.3 Å². The maximum absolute atomic E-state index is 9.75. The maximum atomic E-state index is 9.75. The van der Waals surface area contributed by atoms with Crippen molar-refractivity contribution in [3.05, 3.63) is 65.0 Å². The fourth-order valence-electron chi connectivity index (χ4n) is 4.66. The molecule has 0 aliphatic carbocycles. The van der Waals surface area contributed by atoms with Crippen molar-refractivity contribution < 1.29 is 26.7 Å². The van der Waals surface area contributed by atoms with Gasteiger partial charge in [-0.25, -0.2) is 4.99 Å². The number of nitrogens with one attached hydrogen (secondary N) is 2. The third-order valence-corrected chi connectivity index (χ3v) is 5.60. The molecule has 3 nitrogen and oxygen atoms in total. The summed E-state index contributed by atoms with van der Waals surface area (Å²) < 4.78 is 45.2. The van der Waals surface area contributed by atoms with Gasteiger partial charge in [0.1, 0.15) is 11.3 Å². The lowest BCUT2D eigenvalue weighted by molar-refractivity contribution is -0.550. The van der Waals surface area contributed by atoms with Crippen molar-refractivity contribution in [3.63, 3.8) is 0 Å². The van der Waals surface area contributed by atoms with E-state index in [9.17, 15) is 17.3 Å². The molecule has 1 saturated heterocycles. The minimum absolute atomic E-state index is 0.0907. The van der Waals surface area contributed by atoms with Crippen LogP contribution in [-0.4, -0.2) is 24.4 Å². The first kappa shape index (κ1) is 25.3. The molecule has 1 aliphatic heterocycles. The fraction of sp³-hybridized carbons (Fsp3) is 0.375. The first-order valence-corrected chi connectivity index (χ1v) is 11.1. The molecule has 178 valence electrons. The summed E-state index contributed by atoms with van der Waals surface area (Å²) >= 11 is 6.06. The highest BCUT2D eigenvalue weighted by Crippen LogP contribution is 2.27. The number of piperidine rings is 1. The van der Waals surface area contributed by atoms with Gasteiger partial charge >= 0.3 is 7.25 Å². The zero-order chi connectivity index (χ0) is 24.4. The van der Waals surface area contributed by atoms with Gasteiger partial charge in [0.15, 0.2) is 6.04 Å². The van der Waals surface area contributed by atoms with Crippen LogP contribution in [0, 0.1) is 0 Å². The van der Waals surface area contributed by atoms with Crippen molar-refractivity contribution in [1.29, 1.82) is 0 Å². The summed E-state index contributed by atoms with van der Waals surface area (Å²) in [5, 5.41) is 6.70. The van der Waals surface area contributed by atoms with Crippen molar-refractivity contribution in [1.82, 2.24) is 5.32 Å². The first-order chi connectivity index (χ1) is 15.2. The SMILES string of the molecule is CC1(C)CC([NH+]=c2cc(-c3ccc(Cl)cc3)oc3ccccc23)CC(C)(C)N1.F[B-](F)(F)F. The first-order valence-electron chi connectivity index (χ1n) is 10.8. The lowest BCUT2D eigenvalue weighted by atomic mass is 9.80. The molecule has 2 aromatic carbocycles. The molecule has 1 aromatic heterocycles. The van der Waals surface area contributed by atoms with Gasteiger partial charge in [0, 0.05) is 34.5 Å². The van der Waals surface area contributed by atoms with Gasteiger partial charge in [0.05, 0.1) is 11.5 Å². The molecular weight excluding hydrogens is 455 g/mol. The number of benzene rings is 2. The summed E-state index contributed by atoms with van der Waals surface area (Å²) in [6, 6.07) is 18.5. The van der Waals surface area contributed by atoms with E-state index >= 15 is 0 Å². The molecule has 33 heavy (non-hydrogen) atoms. The number of hydrogen-bond acceptors (Lipinski definition) is 2. The molecule has 1 fully saturated rings. The quantitative estimate of drug-likeness (QED) is 0.382. The summed E-state index contributed by atoms with van der Waals surface area (Å²) in [6.45, 7) is 9.11. The number of fused-ring (bicyclic) bond motifs is 1. The Morgan fingerprint density at radius 3 is 2.06 bits per heavy atom. The lowest BCUT2D eigenvalue weighted by Crippen LogP contribution is -2.86. The zero-order valence-electron chi connectivity index (χ0n) is 19.1. The molecule has 4 rings (SSSR count). The minimum atomic E-state index is -6.00. The van der Waals surface area contributed by atoms with Crippen molar-refractivity contribution in [2.24, 2.45) is 0 Å². The van der Waals surface area contributed by atoms with Gasteiger partial charge in [-0.15, -0.1) is 0 Å². The molecule has 0 unspecified atom stereocenters. The van der Waals surface area contributed by atoms with Crippen LogP contribution in [0.25, 0.3) is 22.3 Å². The Morgan fingerprint density at radius 2 is 1.48 bits per heavy atom. The number of hydrogen-bond donors (Lipinski definition) is 2. The summed E-state index contributed by atoms with van der Waals surface area (Å²) in [5.74, 6) is 0.838. The third kappa shape index (κ3) is 7.61. The van der Waals surface area contributed by atoms with Crippen LogP contribution in [0.3, 0.4) is 0 Å². The Bertz CT molecular complexity index is 1150. The van der Waals surface area contributed by atoms with E-state index in [0.717, 1.165) is 45.5 Å². The monoisotopic (exact) mass is 482 g/mol. The summed E-state index contributed by atoms with van der Waals surface area (Å²) in [7, 11) is -6.00. The van der Waals surface area contributed by atoms with Crippen LogP contribution in [0.2, 0.25) is 5.02 Å². The molecule has 0 spiro atoms. The molecule has 0 bridgehead atoms. The van der Waals surface area contributed by atoms with Gasteiger partial charge in [-0.05, 0) is 64.1 Å². The molecular formula is C24H28BClF4N2O. The summed E-state index contributed by atoms with van der Waals surface area (Å²) in [5.41, 5.74) is 2.08. The van der Waals surface area contributed by atoms with E-state index in [2.05, 4.69) is 56.2 Å². The second-order valence-corrected chi connectivity index (χ2v) is 10.1. The third-order valence-electron chi connectivity index (χ3n) is 5.35. The van der Waals surface area contributed by atoms with Crippen molar-refractivity contribution >= 4 is 29.8 Å². The van der Waals surface area contributed by atoms with E-state index < -0.39 is 7.25 Å². The standard InChI is InChI=1S/C24H27ClN2O.BF4/c1-23(2)14-18(15-24(3,4)27-23)26-20-13-22(16-9-11-17(25)12-10-16)28-21-8-6-5-7-19(20)21;2-1(3,4)5/h5-13,18,27H,14-15H2,1-4H3;/q;-1/p+1. The second kappa shape index (κ2) is 9.51. The maximum Gasteiger partial charge on any atom is 0.673 e. The van der Waals surface area contributed by atoms with E-state index in [4.69, 9.17) is 16.0 Å². The Hall–Kier alpha value is -2.32. The molecule has 3 aromatic rings. The second-order valence-electron chi connectivity index (χ2n) is 9.66. The highest BCUT2D eigenvalue weighted by Gasteiger charge is 2.40. The Balaban J connectivity index is 0.000000555. The Kier molecular flexibility index (Phi) is 7.29. The topological polar surface area (TPSA) is 39.1 Å². The molecule has 1 aliphatic rings. The zero-order valence-corrected chi connectivity index (χ0v) is 19.8. The van der Waals surface area contributed by atoms with E-state index in [1.807, 2.05) is 36.4 Å². The van der Waals surface area contributed by atoms with Crippen LogP contribution in [0.4, 0.5) is 17.3 Å². The number of rotatable bonds is 2. The summed E-state index contributed by atoms with van der Waals surface area (Å²) in [6.07, 6.45) is 2.13. The fourth-order valence-corrected chi connectivity index (χ4v) is 4.78. The predicted molar refractivity (Wildman–Crippen MR) is 125 cm³/mol. The van der Waals surface area contributed by atoms with Crippen LogP contribution < -0.4 is 15.7 Å². The highest BCUT2D eigenvalue weighted by atomic mass is 35.5. The minimum Gasteiger partial charge on any atom is -0.456 e. The molecule has 0 atom stereocenters. The van der Waals surface area contributed by atoms with Crippen molar-refractivity contribution in [2.45, 2.75) is 57.7 Å². The van der Waals surface area contributed by atoms with E-state index in [1.165, 1.54) is 0 Å². The Morgan fingerprint density at radius 1 is 0.939 bits per heavy atom. The number of para-hydroxylation sites is 1. The molecule has 2 N–H and O–H groups in total. The molecule has 0 radical (unpaired) electrons. The van der Waals surface area contributed by atoms with Gasteiger partial charge in [-0.3, -0.25) is 0 Å². The van der Waals surface area contributed by atoms with Crippen LogP contribution >= 0.6 is 11.6 Å². The largest absolute Gasteiger partial charge is 0.673 e. The van der Waals surface area contributed by atoms with Crippen LogP contribution in [0.15, 0.2) is 59.0 Å². The van der Waals surface area contributed by atoms with Crippen molar-refractivity contribution in [2.75, 3.05) is 0 Å². The predicted octanol–water partition coefficient (Wildman–Crippen LogP) is 5.34. The van der Waals surface area contributed by atoms with Crippen LogP contribution in [0.1, 0.15) is 40.5 Å². The van der Waals surface area contributed by atoms with Crippen LogP contribution in [0.5, 0.6) is 0 Å². The van der Waals surface area contributed by atoms with Gasteiger partial charge in [0.2, 0.25) is 5.36 Å². The summed E-state index contributed by atoms with van der Waals surface area (Å²) in [4.78, 5) is 3.83. The van der Waals surface area contributed by atoms with Gasteiger partial charge in [0.25, 0.3) is 0 Å². The molecule has 9 heteroatoms. The van der Waals surface area contributed by atoms with Gasteiger partial charge in [-0.2, -0.15) is 0 Å². The van der Waals surface area contributed by atoms with E-state index in [0.29, 0.717) is 6.04 Å². The normalized spacial score (nSPS) is 18.6. The smallest absolute Gasteiger partial charge is 0.456 e. The average Bonchev–Trinajstić information content (AvgIpc) is 2.64. The Labute approximate surface area is 196 Å². The lowest BCUT2D eigenvalue weighted by Gasteiger charge is -2.43. The number of halogens is 5. The molecule has 0 saturated carbocycles. The van der Waals surface area contributed by atoms with Gasteiger partial charge in [-0.1, -0.05) is 23.7 Å². The van der Waals surface area contributed by atoms with E-state index in [1.54, 1.807) is 0 Å². The highest BCUT2D eigenvalue weighted by molar-refractivity contribution is 6.50. The average molecular weight is 483 g/mol.